The lowest BCUT2D eigenvalue weighted by Crippen LogP contribution is -2.13. The van der Waals surface area contributed by atoms with Crippen molar-refractivity contribution < 1.29 is 4.79 Å². The molecule has 15 heavy (non-hydrogen) atoms. The average Bonchev–Trinajstić information content (AvgIpc) is 2.75. The molecule has 1 saturated carbocycles. The van der Waals surface area contributed by atoms with Gasteiger partial charge in [0.1, 0.15) is 4.88 Å². The average molecular weight is 225 g/mol. The van der Waals surface area contributed by atoms with Crippen molar-refractivity contribution >= 4 is 27.9 Å². The predicted molar refractivity (Wildman–Crippen MR) is 63.1 cm³/mol. The molecule has 0 spiro atoms. The first-order chi connectivity index (χ1) is 7.16. The Morgan fingerprint density at radius 1 is 1.47 bits per heavy atom. The largest absolute Gasteiger partial charge is 0.397 e. The van der Waals surface area contributed by atoms with Crippen molar-refractivity contribution in [3.05, 3.63) is 10.9 Å². The third kappa shape index (κ3) is 2.23. The number of anilines is 2. The Labute approximate surface area is 92.6 Å². The number of carbonyl (C=O) groups excluding carboxylic acids is 1. The minimum atomic E-state index is -0.447. The van der Waals surface area contributed by atoms with Gasteiger partial charge in [0, 0.05) is 6.04 Å². The van der Waals surface area contributed by atoms with Gasteiger partial charge >= 0.3 is 0 Å². The topological polar surface area (TPSA) is 81.1 Å². The molecule has 0 atom stereocenters. The van der Waals surface area contributed by atoms with E-state index in [1.54, 1.807) is 6.07 Å². The normalized spacial score (nSPS) is 16.8. The van der Waals surface area contributed by atoms with Gasteiger partial charge < -0.3 is 16.8 Å². The Hall–Kier alpha value is -1.23. The van der Waals surface area contributed by atoms with Gasteiger partial charge in [0.2, 0.25) is 0 Å². The zero-order chi connectivity index (χ0) is 10.8. The van der Waals surface area contributed by atoms with Crippen LogP contribution in [0.25, 0.3) is 0 Å². The first kappa shape index (κ1) is 10.3. The summed E-state index contributed by atoms with van der Waals surface area (Å²) < 4.78 is 0. The zero-order valence-electron chi connectivity index (χ0n) is 8.45. The highest BCUT2D eigenvalue weighted by Crippen LogP contribution is 2.31. The van der Waals surface area contributed by atoms with Gasteiger partial charge in [-0.1, -0.05) is 12.8 Å². The van der Waals surface area contributed by atoms with E-state index in [0.29, 0.717) is 16.6 Å². The number of nitrogen functional groups attached to an aromatic ring is 1. The van der Waals surface area contributed by atoms with E-state index >= 15 is 0 Å². The summed E-state index contributed by atoms with van der Waals surface area (Å²) in [7, 11) is 0. The lowest BCUT2D eigenvalue weighted by Gasteiger charge is -2.10. The number of thiophene rings is 1. The quantitative estimate of drug-likeness (QED) is 0.733. The Balaban J connectivity index is 2.08. The molecule has 82 valence electrons. The molecule has 0 unspecified atom stereocenters. The van der Waals surface area contributed by atoms with E-state index in [1.807, 2.05) is 0 Å². The molecule has 0 saturated heterocycles. The second kappa shape index (κ2) is 4.10. The molecular formula is C10H15N3OS. The van der Waals surface area contributed by atoms with Gasteiger partial charge in [0.05, 0.1) is 10.7 Å². The summed E-state index contributed by atoms with van der Waals surface area (Å²) in [5.74, 6) is -0.447. The van der Waals surface area contributed by atoms with E-state index in [1.165, 1.54) is 37.0 Å². The highest BCUT2D eigenvalue weighted by Gasteiger charge is 2.17. The van der Waals surface area contributed by atoms with Gasteiger partial charge in [-0.25, -0.2) is 0 Å². The minimum absolute atomic E-state index is 0.447. The Morgan fingerprint density at radius 2 is 2.13 bits per heavy atom. The van der Waals surface area contributed by atoms with Crippen LogP contribution in [0.5, 0.6) is 0 Å². The molecule has 5 heteroatoms. The summed E-state index contributed by atoms with van der Waals surface area (Å²) in [4.78, 5) is 11.5. The summed E-state index contributed by atoms with van der Waals surface area (Å²) in [6.07, 6.45) is 4.95. The van der Waals surface area contributed by atoms with Crippen molar-refractivity contribution in [2.45, 2.75) is 31.7 Å². The fourth-order valence-electron chi connectivity index (χ4n) is 1.94. The molecular weight excluding hydrogens is 210 g/mol. The SMILES string of the molecule is NC(=O)c1sc(NC2CCCC2)cc1N. The first-order valence-corrected chi connectivity index (χ1v) is 5.94. The number of hydrogen-bond donors (Lipinski definition) is 3. The number of rotatable bonds is 3. The maximum Gasteiger partial charge on any atom is 0.260 e. The van der Waals surface area contributed by atoms with Crippen molar-refractivity contribution in [3.8, 4) is 0 Å². The summed E-state index contributed by atoms with van der Waals surface area (Å²) in [6, 6.07) is 2.33. The summed E-state index contributed by atoms with van der Waals surface area (Å²) in [5, 5.41) is 4.34. The molecule has 1 amide bonds. The molecule has 0 bridgehead atoms. The Bertz CT molecular complexity index is 369. The molecule has 2 rings (SSSR count). The van der Waals surface area contributed by atoms with Crippen LogP contribution in [0.15, 0.2) is 6.07 Å². The van der Waals surface area contributed by atoms with Gasteiger partial charge in [-0.2, -0.15) is 0 Å². The van der Waals surface area contributed by atoms with Crippen LogP contribution in [0.1, 0.15) is 35.4 Å². The zero-order valence-corrected chi connectivity index (χ0v) is 9.27. The van der Waals surface area contributed by atoms with E-state index in [-0.39, 0.29) is 0 Å². The van der Waals surface area contributed by atoms with Crippen LogP contribution in [0, 0.1) is 0 Å². The molecule has 1 aliphatic rings. The number of nitrogens with one attached hydrogen (secondary N) is 1. The Morgan fingerprint density at radius 3 is 2.67 bits per heavy atom. The molecule has 5 N–H and O–H groups in total. The van der Waals surface area contributed by atoms with E-state index in [4.69, 9.17) is 11.5 Å². The number of hydrogen-bond acceptors (Lipinski definition) is 4. The van der Waals surface area contributed by atoms with E-state index in [0.717, 1.165) is 5.00 Å². The second-order valence-corrected chi connectivity index (χ2v) is 4.94. The third-order valence-corrected chi connectivity index (χ3v) is 3.78. The van der Waals surface area contributed by atoms with Gasteiger partial charge in [-0.3, -0.25) is 4.79 Å². The van der Waals surface area contributed by atoms with E-state index in [2.05, 4.69) is 5.32 Å². The highest BCUT2D eigenvalue weighted by molar-refractivity contribution is 7.18. The van der Waals surface area contributed by atoms with Crippen molar-refractivity contribution in [2.24, 2.45) is 5.73 Å². The molecule has 1 aromatic rings. The summed E-state index contributed by atoms with van der Waals surface area (Å²) in [6.45, 7) is 0. The third-order valence-electron chi connectivity index (χ3n) is 2.69. The molecule has 4 nitrogen and oxygen atoms in total. The van der Waals surface area contributed by atoms with Crippen LogP contribution in [-0.2, 0) is 0 Å². The highest BCUT2D eigenvalue weighted by atomic mass is 32.1. The van der Waals surface area contributed by atoms with Gasteiger partial charge in [0.15, 0.2) is 0 Å². The lowest BCUT2D eigenvalue weighted by molar-refractivity contribution is 0.100. The van der Waals surface area contributed by atoms with Crippen LogP contribution in [0.4, 0.5) is 10.7 Å². The van der Waals surface area contributed by atoms with Gasteiger partial charge in [0.25, 0.3) is 5.91 Å². The summed E-state index contributed by atoms with van der Waals surface area (Å²) >= 11 is 1.34. The lowest BCUT2D eigenvalue weighted by atomic mass is 10.2. The maximum absolute atomic E-state index is 11.0. The fourth-order valence-corrected chi connectivity index (χ4v) is 2.85. The minimum Gasteiger partial charge on any atom is -0.397 e. The van der Waals surface area contributed by atoms with Crippen molar-refractivity contribution in [2.75, 3.05) is 11.1 Å². The van der Waals surface area contributed by atoms with Crippen LogP contribution >= 0.6 is 11.3 Å². The standard InChI is InChI=1S/C10H15N3OS/c11-7-5-8(15-9(7)10(12)14)13-6-3-1-2-4-6/h5-6,13H,1-4,11H2,(H2,12,14). The Kier molecular flexibility index (Phi) is 2.81. The van der Waals surface area contributed by atoms with E-state index < -0.39 is 5.91 Å². The molecule has 1 fully saturated rings. The molecule has 0 radical (unpaired) electrons. The smallest absolute Gasteiger partial charge is 0.260 e. The van der Waals surface area contributed by atoms with Crippen molar-refractivity contribution in [1.82, 2.24) is 0 Å². The van der Waals surface area contributed by atoms with Crippen molar-refractivity contribution in [1.29, 1.82) is 0 Å². The molecule has 1 heterocycles. The monoisotopic (exact) mass is 225 g/mol. The first-order valence-electron chi connectivity index (χ1n) is 5.12. The molecule has 0 aromatic carbocycles. The second-order valence-electron chi connectivity index (χ2n) is 3.89. The van der Waals surface area contributed by atoms with Crippen LogP contribution < -0.4 is 16.8 Å². The molecule has 1 aromatic heterocycles. The van der Waals surface area contributed by atoms with Crippen molar-refractivity contribution in [3.63, 3.8) is 0 Å². The number of primary amides is 1. The summed E-state index contributed by atoms with van der Waals surface area (Å²) in [5.41, 5.74) is 11.4. The number of amides is 1. The van der Waals surface area contributed by atoms with Gasteiger partial charge in [-0.05, 0) is 18.9 Å². The van der Waals surface area contributed by atoms with Crippen LogP contribution in [0.3, 0.4) is 0 Å². The maximum atomic E-state index is 11.0. The van der Waals surface area contributed by atoms with Gasteiger partial charge in [-0.15, -0.1) is 11.3 Å². The number of carbonyl (C=O) groups is 1. The molecule has 0 aliphatic heterocycles. The fraction of sp³-hybridized carbons (Fsp3) is 0.500. The van der Waals surface area contributed by atoms with E-state index in [9.17, 15) is 4.79 Å². The predicted octanol–water partition coefficient (Wildman–Crippen LogP) is 1.78. The van der Waals surface area contributed by atoms with Crippen LogP contribution in [-0.4, -0.2) is 11.9 Å². The molecule has 1 aliphatic carbocycles. The van der Waals surface area contributed by atoms with Crippen LogP contribution in [0.2, 0.25) is 0 Å². The number of nitrogens with two attached hydrogens (primary N) is 2.